The third-order valence-corrected chi connectivity index (χ3v) is 1.90. The minimum absolute atomic E-state index is 0.0868. The fraction of sp³-hybridized carbons (Fsp3) is 0. The summed E-state index contributed by atoms with van der Waals surface area (Å²) >= 11 is 0. The maximum Gasteiger partial charge on any atom is 0.339 e. The van der Waals surface area contributed by atoms with Crippen molar-refractivity contribution in [3.05, 3.63) is 42.6 Å². The molecule has 0 spiro atoms. The Bertz CT molecular complexity index is 485. The summed E-state index contributed by atoms with van der Waals surface area (Å²) in [5.74, 6) is -1.04. The molecule has 5 nitrogen and oxygen atoms in total. The molecule has 0 aliphatic rings. The van der Waals surface area contributed by atoms with Crippen LogP contribution < -0.4 is 0 Å². The van der Waals surface area contributed by atoms with E-state index in [4.69, 9.17) is 5.11 Å². The van der Waals surface area contributed by atoms with E-state index >= 15 is 0 Å². The Balaban J connectivity index is 2.58. The maximum absolute atomic E-state index is 10.9. The van der Waals surface area contributed by atoms with Crippen LogP contribution in [-0.4, -0.2) is 26.0 Å². The highest BCUT2D eigenvalue weighted by Crippen LogP contribution is 2.18. The summed E-state index contributed by atoms with van der Waals surface area (Å²) in [6.07, 6.45) is 5.78. The van der Waals surface area contributed by atoms with E-state index in [0.717, 1.165) is 0 Å². The van der Waals surface area contributed by atoms with Gasteiger partial charge in [-0.3, -0.25) is 4.98 Å². The Morgan fingerprint density at radius 1 is 1.20 bits per heavy atom. The molecular formula is C10H7N3O2. The van der Waals surface area contributed by atoms with Gasteiger partial charge in [0.2, 0.25) is 0 Å². The lowest BCUT2D eigenvalue weighted by molar-refractivity contribution is 0.0697. The van der Waals surface area contributed by atoms with E-state index < -0.39 is 5.97 Å². The highest BCUT2D eigenvalue weighted by Gasteiger charge is 2.12. The van der Waals surface area contributed by atoms with Gasteiger partial charge in [0, 0.05) is 24.2 Å². The summed E-state index contributed by atoms with van der Waals surface area (Å²) < 4.78 is 0. The van der Waals surface area contributed by atoms with Crippen molar-refractivity contribution in [1.29, 1.82) is 0 Å². The van der Waals surface area contributed by atoms with Crippen molar-refractivity contribution in [2.45, 2.75) is 0 Å². The van der Waals surface area contributed by atoms with E-state index in [1.807, 2.05) is 0 Å². The quantitative estimate of drug-likeness (QED) is 0.790. The number of carboxylic acid groups (broad SMARTS) is 1. The Labute approximate surface area is 85.5 Å². The monoisotopic (exact) mass is 201 g/mol. The van der Waals surface area contributed by atoms with Crippen LogP contribution in [0, 0.1) is 0 Å². The standard InChI is InChI=1S/C10H7N3O2/c14-10(15)8-5-12-6-13-9(8)7-1-3-11-4-2-7/h1-6H,(H,14,15). The fourth-order valence-corrected chi connectivity index (χ4v) is 1.23. The molecule has 2 heterocycles. The zero-order valence-electron chi connectivity index (χ0n) is 7.66. The molecule has 0 radical (unpaired) electrons. The van der Waals surface area contributed by atoms with Gasteiger partial charge in [-0.15, -0.1) is 0 Å². The lowest BCUT2D eigenvalue weighted by Gasteiger charge is -2.02. The Morgan fingerprint density at radius 3 is 2.60 bits per heavy atom. The molecule has 0 fully saturated rings. The van der Waals surface area contributed by atoms with E-state index in [2.05, 4.69) is 15.0 Å². The summed E-state index contributed by atoms with van der Waals surface area (Å²) in [6.45, 7) is 0. The zero-order chi connectivity index (χ0) is 10.7. The largest absolute Gasteiger partial charge is 0.478 e. The van der Waals surface area contributed by atoms with Crippen molar-refractivity contribution < 1.29 is 9.90 Å². The molecular weight excluding hydrogens is 194 g/mol. The van der Waals surface area contributed by atoms with Crippen LogP contribution in [0.1, 0.15) is 10.4 Å². The van der Waals surface area contributed by atoms with Crippen molar-refractivity contribution in [1.82, 2.24) is 15.0 Å². The van der Waals surface area contributed by atoms with Crippen LogP contribution in [0.2, 0.25) is 0 Å². The number of aromatic nitrogens is 3. The third-order valence-electron chi connectivity index (χ3n) is 1.90. The van der Waals surface area contributed by atoms with Crippen molar-refractivity contribution >= 4 is 5.97 Å². The molecule has 74 valence electrons. The van der Waals surface area contributed by atoms with Crippen LogP contribution in [0.3, 0.4) is 0 Å². The SMILES string of the molecule is O=C(O)c1cncnc1-c1ccncc1. The Hall–Kier alpha value is -2.30. The second-order valence-electron chi connectivity index (χ2n) is 2.83. The lowest BCUT2D eigenvalue weighted by atomic mass is 10.1. The van der Waals surface area contributed by atoms with Crippen LogP contribution in [0.5, 0.6) is 0 Å². The second-order valence-corrected chi connectivity index (χ2v) is 2.83. The average Bonchev–Trinajstić information content (AvgIpc) is 2.30. The topological polar surface area (TPSA) is 76.0 Å². The molecule has 0 amide bonds. The Kier molecular flexibility index (Phi) is 2.37. The van der Waals surface area contributed by atoms with Gasteiger partial charge in [0.1, 0.15) is 11.9 Å². The van der Waals surface area contributed by atoms with Gasteiger partial charge in [-0.25, -0.2) is 14.8 Å². The number of pyridine rings is 1. The van der Waals surface area contributed by atoms with Crippen LogP contribution in [-0.2, 0) is 0 Å². The van der Waals surface area contributed by atoms with Gasteiger partial charge in [0.15, 0.2) is 0 Å². The molecule has 2 aromatic heterocycles. The van der Waals surface area contributed by atoms with Gasteiger partial charge in [-0.2, -0.15) is 0 Å². The van der Waals surface area contributed by atoms with E-state index in [9.17, 15) is 4.79 Å². The van der Waals surface area contributed by atoms with Crippen LogP contribution in [0.15, 0.2) is 37.1 Å². The predicted molar refractivity (Wildman–Crippen MR) is 52.2 cm³/mol. The molecule has 0 saturated heterocycles. The number of nitrogens with zero attached hydrogens (tertiary/aromatic N) is 3. The molecule has 15 heavy (non-hydrogen) atoms. The number of aromatic carboxylic acids is 1. The minimum atomic E-state index is -1.04. The number of rotatable bonds is 2. The van der Waals surface area contributed by atoms with Crippen LogP contribution >= 0.6 is 0 Å². The lowest BCUT2D eigenvalue weighted by Crippen LogP contribution is -2.02. The maximum atomic E-state index is 10.9. The smallest absolute Gasteiger partial charge is 0.339 e. The molecule has 0 aromatic carbocycles. The zero-order valence-corrected chi connectivity index (χ0v) is 7.66. The summed E-state index contributed by atoms with van der Waals surface area (Å²) in [6, 6.07) is 3.41. The van der Waals surface area contributed by atoms with E-state index in [-0.39, 0.29) is 5.56 Å². The molecule has 0 bridgehead atoms. The van der Waals surface area contributed by atoms with Gasteiger partial charge >= 0.3 is 5.97 Å². The third kappa shape index (κ3) is 1.80. The number of hydrogen-bond donors (Lipinski definition) is 1. The fourth-order valence-electron chi connectivity index (χ4n) is 1.23. The van der Waals surface area contributed by atoms with Gasteiger partial charge in [-0.05, 0) is 12.1 Å². The molecule has 0 aliphatic heterocycles. The number of hydrogen-bond acceptors (Lipinski definition) is 4. The summed E-state index contributed by atoms with van der Waals surface area (Å²) in [5.41, 5.74) is 1.20. The van der Waals surface area contributed by atoms with E-state index in [1.54, 1.807) is 24.5 Å². The van der Waals surface area contributed by atoms with Crippen molar-refractivity contribution in [2.75, 3.05) is 0 Å². The first kappa shape index (κ1) is 9.26. The van der Waals surface area contributed by atoms with Gasteiger partial charge < -0.3 is 5.11 Å². The van der Waals surface area contributed by atoms with E-state index in [0.29, 0.717) is 11.3 Å². The molecule has 0 aliphatic carbocycles. The van der Waals surface area contributed by atoms with Crippen molar-refractivity contribution in [3.63, 3.8) is 0 Å². The highest BCUT2D eigenvalue weighted by atomic mass is 16.4. The van der Waals surface area contributed by atoms with Gasteiger partial charge in [-0.1, -0.05) is 0 Å². The first-order chi connectivity index (χ1) is 7.29. The molecule has 1 N–H and O–H groups in total. The number of carboxylic acids is 1. The van der Waals surface area contributed by atoms with Crippen molar-refractivity contribution in [2.24, 2.45) is 0 Å². The summed E-state index contributed by atoms with van der Waals surface area (Å²) in [7, 11) is 0. The van der Waals surface area contributed by atoms with Gasteiger partial charge in [0.05, 0.1) is 5.69 Å². The van der Waals surface area contributed by atoms with Crippen LogP contribution in [0.4, 0.5) is 0 Å². The second kappa shape index (κ2) is 3.83. The summed E-state index contributed by atoms with van der Waals surface area (Å²) in [4.78, 5) is 22.4. The Morgan fingerprint density at radius 2 is 1.93 bits per heavy atom. The van der Waals surface area contributed by atoms with Crippen molar-refractivity contribution in [3.8, 4) is 11.3 Å². The van der Waals surface area contributed by atoms with Crippen LogP contribution in [0.25, 0.3) is 11.3 Å². The molecule has 0 unspecified atom stereocenters. The molecule has 2 rings (SSSR count). The summed E-state index contributed by atoms with van der Waals surface area (Å²) in [5, 5.41) is 8.93. The molecule has 5 heteroatoms. The highest BCUT2D eigenvalue weighted by molar-refractivity contribution is 5.94. The molecule has 0 atom stereocenters. The molecule has 0 saturated carbocycles. The number of carbonyl (C=O) groups is 1. The van der Waals surface area contributed by atoms with E-state index in [1.165, 1.54) is 12.5 Å². The average molecular weight is 201 g/mol. The first-order valence-corrected chi connectivity index (χ1v) is 4.23. The normalized spacial score (nSPS) is 9.87. The molecule has 2 aromatic rings. The first-order valence-electron chi connectivity index (χ1n) is 4.23. The minimum Gasteiger partial charge on any atom is -0.478 e. The predicted octanol–water partition coefficient (Wildman–Crippen LogP) is 1.24. The van der Waals surface area contributed by atoms with Gasteiger partial charge in [0.25, 0.3) is 0 Å².